The monoisotopic (exact) mass is 458 g/mol. The van der Waals surface area contributed by atoms with Gasteiger partial charge in [0.05, 0.1) is 37.8 Å². The molecular formula is C26H30N6O2. The van der Waals surface area contributed by atoms with E-state index < -0.39 is 0 Å². The van der Waals surface area contributed by atoms with Crippen LogP contribution in [0.25, 0.3) is 33.6 Å². The van der Waals surface area contributed by atoms with Crippen molar-refractivity contribution in [2.75, 3.05) is 20.3 Å². The quantitative estimate of drug-likeness (QED) is 0.360. The summed E-state index contributed by atoms with van der Waals surface area (Å²) in [7, 11) is 3.62. The van der Waals surface area contributed by atoms with Crippen LogP contribution < -0.4 is 0 Å². The van der Waals surface area contributed by atoms with Crippen LogP contribution in [0, 0.1) is 0 Å². The highest BCUT2D eigenvalue weighted by Gasteiger charge is 2.23. The van der Waals surface area contributed by atoms with Crippen LogP contribution in [0.3, 0.4) is 0 Å². The SMILES string of the molecule is COCCOC1CCC(n2cc(-c3cnc(-c4cccc(-c5cnn(C)c5)c4)nc3)cn2)CC1. The molecule has 1 saturated carbocycles. The first-order valence-electron chi connectivity index (χ1n) is 11.8. The number of rotatable bonds is 8. The molecule has 5 rings (SSSR count). The van der Waals surface area contributed by atoms with E-state index in [0.717, 1.165) is 53.5 Å². The lowest BCUT2D eigenvalue weighted by Gasteiger charge is -2.28. The third-order valence-electron chi connectivity index (χ3n) is 6.40. The van der Waals surface area contributed by atoms with Crippen LogP contribution in [0.1, 0.15) is 31.7 Å². The summed E-state index contributed by atoms with van der Waals surface area (Å²) in [5, 5.41) is 8.90. The van der Waals surface area contributed by atoms with Crippen molar-refractivity contribution in [3.05, 3.63) is 61.4 Å². The Morgan fingerprint density at radius 1 is 0.824 bits per heavy atom. The molecule has 0 amide bonds. The van der Waals surface area contributed by atoms with Crippen LogP contribution in [-0.2, 0) is 16.5 Å². The molecule has 0 unspecified atom stereocenters. The Hall–Kier alpha value is -3.36. The maximum absolute atomic E-state index is 5.89. The second-order valence-electron chi connectivity index (χ2n) is 8.78. The highest BCUT2D eigenvalue weighted by atomic mass is 16.5. The number of hydrogen-bond donors (Lipinski definition) is 0. The van der Waals surface area contributed by atoms with Crippen molar-refractivity contribution in [2.45, 2.75) is 37.8 Å². The average molecular weight is 459 g/mol. The summed E-state index contributed by atoms with van der Waals surface area (Å²) in [4.78, 5) is 9.27. The summed E-state index contributed by atoms with van der Waals surface area (Å²) in [6.07, 6.45) is 16.2. The average Bonchev–Trinajstić information content (AvgIpc) is 3.55. The van der Waals surface area contributed by atoms with Gasteiger partial charge in [0.1, 0.15) is 0 Å². The normalized spacial score (nSPS) is 18.3. The maximum Gasteiger partial charge on any atom is 0.159 e. The zero-order valence-electron chi connectivity index (χ0n) is 19.7. The van der Waals surface area contributed by atoms with Gasteiger partial charge in [0.25, 0.3) is 0 Å². The number of nitrogens with zero attached hydrogens (tertiary/aromatic N) is 6. The Morgan fingerprint density at radius 3 is 2.29 bits per heavy atom. The van der Waals surface area contributed by atoms with Crippen molar-refractivity contribution in [1.29, 1.82) is 0 Å². The molecule has 1 fully saturated rings. The van der Waals surface area contributed by atoms with Gasteiger partial charge in [0.2, 0.25) is 0 Å². The van der Waals surface area contributed by atoms with Crippen molar-refractivity contribution in [3.63, 3.8) is 0 Å². The molecule has 8 nitrogen and oxygen atoms in total. The summed E-state index contributed by atoms with van der Waals surface area (Å²) < 4.78 is 14.9. The molecule has 34 heavy (non-hydrogen) atoms. The van der Waals surface area contributed by atoms with E-state index in [1.165, 1.54) is 0 Å². The lowest BCUT2D eigenvalue weighted by atomic mass is 9.93. The van der Waals surface area contributed by atoms with Crippen molar-refractivity contribution in [2.24, 2.45) is 7.05 Å². The van der Waals surface area contributed by atoms with E-state index in [1.807, 2.05) is 50.2 Å². The van der Waals surface area contributed by atoms with E-state index in [1.54, 1.807) is 11.8 Å². The fourth-order valence-electron chi connectivity index (χ4n) is 4.50. The highest BCUT2D eigenvalue weighted by molar-refractivity contribution is 5.70. The molecule has 1 aliphatic carbocycles. The highest BCUT2D eigenvalue weighted by Crippen LogP contribution is 2.31. The van der Waals surface area contributed by atoms with Gasteiger partial charge in [-0.25, -0.2) is 9.97 Å². The lowest BCUT2D eigenvalue weighted by molar-refractivity contribution is -0.00717. The minimum atomic E-state index is 0.332. The Labute approximate surface area is 199 Å². The molecule has 1 aliphatic rings. The molecule has 1 aromatic carbocycles. The fraction of sp³-hybridized carbons (Fsp3) is 0.385. The molecule has 3 aromatic heterocycles. The van der Waals surface area contributed by atoms with E-state index in [4.69, 9.17) is 9.47 Å². The summed E-state index contributed by atoms with van der Waals surface area (Å²) in [5.41, 5.74) is 5.15. The molecule has 0 bridgehead atoms. The van der Waals surface area contributed by atoms with E-state index in [0.29, 0.717) is 31.2 Å². The standard InChI is InChI=1S/C26H30N6O2/c1-31-17-22(15-29-31)19-4-3-5-20(12-19)26-27-13-21(14-28-26)23-16-30-32(18-23)24-6-8-25(9-7-24)34-11-10-33-2/h3-5,12-18,24-25H,6-11H2,1-2H3. The molecule has 8 heteroatoms. The van der Waals surface area contributed by atoms with Crippen LogP contribution in [0.5, 0.6) is 0 Å². The summed E-state index contributed by atoms with van der Waals surface area (Å²) >= 11 is 0. The Morgan fingerprint density at radius 2 is 1.56 bits per heavy atom. The molecule has 0 spiro atoms. The van der Waals surface area contributed by atoms with Crippen molar-refractivity contribution in [1.82, 2.24) is 29.5 Å². The van der Waals surface area contributed by atoms with Crippen LogP contribution >= 0.6 is 0 Å². The molecule has 0 N–H and O–H groups in total. The van der Waals surface area contributed by atoms with Crippen molar-refractivity contribution in [3.8, 4) is 33.6 Å². The number of benzene rings is 1. The second-order valence-corrected chi connectivity index (χ2v) is 8.78. The number of hydrogen-bond acceptors (Lipinski definition) is 6. The number of ether oxygens (including phenoxy) is 2. The molecule has 0 saturated heterocycles. The van der Waals surface area contributed by atoms with Gasteiger partial charge in [-0.05, 0) is 37.3 Å². The minimum absolute atomic E-state index is 0.332. The van der Waals surface area contributed by atoms with Crippen LogP contribution in [0.2, 0.25) is 0 Å². The van der Waals surface area contributed by atoms with E-state index in [-0.39, 0.29) is 0 Å². The predicted octanol–water partition coefficient (Wildman–Crippen LogP) is 4.55. The van der Waals surface area contributed by atoms with Gasteiger partial charge >= 0.3 is 0 Å². The topological polar surface area (TPSA) is 79.9 Å². The molecular weight excluding hydrogens is 428 g/mol. The lowest BCUT2D eigenvalue weighted by Crippen LogP contribution is -2.25. The van der Waals surface area contributed by atoms with Crippen LogP contribution in [0.15, 0.2) is 61.4 Å². The predicted molar refractivity (Wildman–Crippen MR) is 130 cm³/mol. The molecule has 176 valence electrons. The molecule has 3 heterocycles. The van der Waals surface area contributed by atoms with Crippen molar-refractivity contribution >= 4 is 0 Å². The van der Waals surface area contributed by atoms with Gasteiger partial charge in [-0.2, -0.15) is 10.2 Å². The first-order valence-corrected chi connectivity index (χ1v) is 11.8. The molecule has 0 aliphatic heterocycles. The maximum atomic E-state index is 5.89. The van der Waals surface area contributed by atoms with E-state index in [9.17, 15) is 0 Å². The zero-order chi connectivity index (χ0) is 23.3. The summed E-state index contributed by atoms with van der Waals surface area (Å²) in [6.45, 7) is 1.32. The number of methoxy groups -OCH3 is 1. The van der Waals surface area contributed by atoms with Crippen molar-refractivity contribution < 1.29 is 9.47 Å². The summed E-state index contributed by atoms with van der Waals surface area (Å²) in [6, 6.07) is 8.63. The molecule has 4 aromatic rings. The van der Waals surface area contributed by atoms with E-state index >= 15 is 0 Å². The van der Waals surface area contributed by atoms with Gasteiger partial charge in [-0.3, -0.25) is 9.36 Å². The van der Waals surface area contributed by atoms with Gasteiger partial charge < -0.3 is 9.47 Å². The minimum Gasteiger partial charge on any atom is -0.382 e. The first-order chi connectivity index (χ1) is 16.7. The van der Waals surface area contributed by atoms with Gasteiger partial charge in [0.15, 0.2) is 5.82 Å². The smallest absolute Gasteiger partial charge is 0.159 e. The third-order valence-corrected chi connectivity index (χ3v) is 6.40. The van der Waals surface area contributed by atoms with Crippen LogP contribution in [0.4, 0.5) is 0 Å². The Balaban J connectivity index is 1.24. The zero-order valence-corrected chi connectivity index (χ0v) is 19.7. The largest absolute Gasteiger partial charge is 0.382 e. The molecule has 0 atom stereocenters. The summed E-state index contributed by atoms with van der Waals surface area (Å²) in [5.74, 6) is 0.702. The Kier molecular flexibility index (Phi) is 6.78. The first kappa shape index (κ1) is 22.4. The van der Waals surface area contributed by atoms with Gasteiger partial charge in [-0.1, -0.05) is 18.2 Å². The Bertz CT molecular complexity index is 1210. The number of aromatic nitrogens is 6. The van der Waals surface area contributed by atoms with Crippen LogP contribution in [-0.4, -0.2) is 56.0 Å². The second kappa shape index (κ2) is 10.3. The number of aryl methyl sites for hydroxylation is 1. The molecule has 0 radical (unpaired) electrons. The van der Waals surface area contributed by atoms with E-state index in [2.05, 4.69) is 43.2 Å². The van der Waals surface area contributed by atoms with Gasteiger partial charge in [0, 0.05) is 61.2 Å². The third kappa shape index (κ3) is 5.08. The fourth-order valence-corrected chi connectivity index (χ4v) is 4.50. The van der Waals surface area contributed by atoms with Gasteiger partial charge in [-0.15, -0.1) is 0 Å².